The van der Waals surface area contributed by atoms with Crippen molar-refractivity contribution in [3.63, 3.8) is 0 Å². The molecular weight excluding hydrogens is 273 g/mol. The molecule has 0 aliphatic rings. The third-order valence-corrected chi connectivity index (χ3v) is 2.88. The van der Waals surface area contributed by atoms with Gasteiger partial charge in [-0.2, -0.15) is 13.2 Å². The number of amides is 1. The predicted molar refractivity (Wildman–Crippen MR) is 68.3 cm³/mol. The summed E-state index contributed by atoms with van der Waals surface area (Å²) in [6, 6.07) is 2.77. The van der Waals surface area contributed by atoms with Crippen LogP contribution < -0.4 is 5.32 Å². The van der Waals surface area contributed by atoms with Gasteiger partial charge in [0.1, 0.15) is 12.2 Å². The van der Waals surface area contributed by atoms with Crippen molar-refractivity contribution in [1.82, 2.24) is 9.88 Å². The van der Waals surface area contributed by atoms with E-state index in [-0.39, 0.29) is 18.2 Å². The average molecular weight is 292 g/mol. The maximum absolute atomic E-state index is 12.3. The van der Waals surface area contributed by atoms with E-state index in [2.05, 4.69) is 5.32 Å². The van der Waals surface area contributed by atoms with Gasteiger partial charge in [-0.25, -0.2) is 0 Å². The summed E-state index contributed by atoms with van der Waals surface area (Å²) in [7, 11) is 0. The molecule has 0 saturated heterocycles. The fourth-order valence-electron chi connectivity index (χ4n) is 1.79. The van der Waals surface area contributed by atoms with Crippen LogP contribution in [0, 0.1) is 5.92 Å². The number of hydrogen-bond donors (Lipinski definition) is 2. The van der Waals surface area contributed by atoms with Gasteiger partial charge in [-0.15, -0.1) is 0 Å². The number of hydrogen-bond acceptors (Lipinski definition) is 2. The van der Waals surface area contributed by atoms with Gasteiger partial charge in [0.2, 0.25) is 0 Å². The van der Waals surface area contributed by atoms with Crippen LogP contribution in [0.1, 0.15) is 30.3 Å². The molecule has 1 atom stereocenters. The van der Waals surface area contributed by atoms with E-state index in [4.69, 9.17) is 5.11 Å². The topological polar surface area (TPSA) is 54.3 Å². The summed E-state index contributed by atoms with van der Waals surface area (Å²) in [6.45, 7) is 1.17. The lowest BCUT2D eigenvalue weighted by Crippen LogP contribution is -2.29. The van der Waals surface area contributed by atoms with Crippen LogP contribution in [0.25, 0.3) is 0 Å². The van der Waals surface area contributed by atoms with E-state index >= 15 is 0 Å². The largest absolute Gasteiger partial charge is 0.406 e. The summed E-state index contributed by atoms with van der Waals surface area (Å²) in [5, 5.41) is 11.4. The normalized spacial score (nSPS) is 13.2. The maximum Gasteiger partial charge on any atom is 0.406 e. The lowest BCUT2D eigenvalue weighted by atomic mass is 10.1. The number of rotatable bonds is 7. The van der Waals surface area contributed by atoms with Crippen molar-refractivity contribution < 1.29 is 23.1 Å². The molecule has 7 heteroatoms. The lowest BCUT2D eigenvalue weighted by Gasteiger charge is -2.12. The summed E-state index contributed by atoms with van der Waals surface area (Å²) in [6.07, 6.45) is -1.70. The number of carbonyl (C=O) groups is 1. The van der Waals surface area contributed by atoms with Crippen molar-refractivity contribution in [3.8, 4) is 0 Å². The minimum absolute atomic E-state index is 0.00229. The molecule has 0 fully saturated rings. The summed E-state index contributed by atoms with van der Waals surface area (Å²) in [5.74, 6) is -0.364. The second-order valence-electron chi connectivity index (χ2n) is 4.82. The first-order valence-corrected chi connectivity index (χ1v) is 6.44. The zero-order chi connectivity index (χ0) is 15.2. The van der Waals surface area contributed by atoms with Gasteiger partial charge < -0.3 is 15.0 Å². The molecule has 1 heterocycles. The van der Waals surface area contributed by atoms with E-state index in [1.54, 1.807) is 0 Å². The van der Waals surface area contributed by atoms with Crippen LogP contribution in [0.2, 0.25) is 0 Å². The second kappa shape index (κ2) is 7.33. The predicted octanol–water partition coefficient (Wildman–Crippen LogP) is 2.19. The molecule has 4 nitrogen and oxygen atoms in total. The summed E-state index contributed by atoms with van der Waals surface area (Å²) < 4.78 is 37.8. The van der Waals surface area contributed by atoms with Crippen LogP contribution in [0.3, 0.4) is 0 Å². The standard InChI is InChI=1S/C13H19F3N2O2/c1-10(8-19)4-2-6-17-12(20)11-5-3-7-18(11)9-13(14,15)16/h3,5,7,10,19H,2,4,6,8-9H2,1H3,(H,17,20). The van der Waals surface area contributed by atoms with Gasteiger partial charge in [0.15, 0.2) is 0 Å². The molecule has 2 N–H and O–H groups in total. The van der Waals surface area contributed by atoms with Gasteiger partial charge in [-0.05, 0) is 30.9 Å². The molecule has 1 unspecified atom stereocenters. The smallest absolute Gasteiger partial charge is 0.396 e. The Labute approximate surface area is 115 Å². The lowest BCUT2D eigenvalue weighted by molar-refractivity contribution is -0.140. The molecule has 0 radical (unpaired) electrons. The molecule has 1 aromatic rings. The molecule has 1 rings (SSSR count). The highest BCUT2D eigenvalue weighted by molar-refractivity contribution is 5.92. The Morgan fingerprint density at radius 1 is 1.50 bits per heavy atom. The highest BCUT2D eigenvalue weighted by atomic mass is 19.4. The Morgan fingerprint density at radius 3 is 2.80 bits per heavy atom. The molecule has 1 amide bonds. The van der Waals surface area contributed by atoms with Gasteiger partial charge in [0.25, 0.3) is 5.91 Å². The van der Waals surface area contributed by atoms with Crippen molar-refractivity contribution in [1.29, 1.82) is 0 Å². The Hall–Kier alpha value is -1.50. The number of nitrogens with zero attached hydrogens (tertiary/aromatic N) is 1. The monoisotopic (exact) mass is 292 g/mol. The summed E-state index contributed by atoms with van der Waals surface area (Å²) in [4.78, 5) is 11.8. The first-order chi connectivity index (χ1) is 9.33. The molecule has 0 aliphatic heterocycles. The van der Waals surface area contributed by atoms with Gasteiger partial charge in [-0.3, -0.25) is 4.79 Å². The second-order valence-corrected chi connectivity index (χ2v) is 4.82. The van der Waals surface area contributed by atoms with Crippen molar-refractivity contribution in [2.24, 2.45) is 5.92 Å². The third kappa shape index (κ3) is 5.64. The van der Waals surface area contributed by atoms with Gasteiger partial charge in [0.05, 0.1) is 0 Å². The number of aliphatic hydroxyl groups excluding tert-OH is 1. The molecule has 0 aromatic carbocycles. The Bertz CT molecular complexity index is 429. The van der Waals surface area contributed by atoms with Gasteiger partial charge >= 0.3 is 6.18 Å². The van der Waals surface area contributed by atoms with E-state index < -0.39 is 18.6 Å². The van der Waals surface area contributed by atoms with Gasteiger partial charge in [0, 0.05) is 19.3 Å². The maximum atomic E-state index is 12.3. The Kier molecular flexibility index (Phi) is 6.06. The molecule has 114 valence electrons. The molecule has 0 aliphatic carbocycles. The molecule has 20 heavy (non-hydrogen) atoms. The van der Waals surface area contributed by atoms with Crippen molar-refractivity contribution in [2.75, 3.05) is 13.2 Å². The van der Waals surface area contributed by atoms with Crippen molar-refractivity contribution >= 4 is 5.91 Å². The van der Waals surface area contributed by atoms with Crippen LogP contribution in [0.5, 0.6) is 0 Å². The molecule has 0 saturated carbocycles. The number of nitrogens with one attached hydrogen (secondary N) is 1. The summed E-state index contributed by atoms with van der Waals surface area (Å²) in [5.41, 5.74) is -0.00229. The van der Waals surface area contributed by atoms with Crippen molar-refractivity contribution in [2.45, 2.75) is 32.5 Å². The zero-order valence-electron chi connectivity index (χ0n) is 11.3. The highest BCUT2D eigenvalue weighted by Gasteiger charge is 2.29. The van der Waals surface area contributed by atoms with Crippen LogP contribution in [-0.2, 0) is 6.54 Å². The Balaban J connectivity index is 2.46. The first-order valence-electron chi connectivity index (χ1n) is 6.44. The molecule has 0 spiro atoms. The Morgan fingerprint density at radius 2 is 2.20 bits per heavy atom. The number of aliphatic hydroxyl groups is 1. The first kappa shape index (κ1) is 16.6. The van der Waals surface area contributed by atoms with E-state index in [1.165, 1.54) is 18.3 Å². The zero-order valence-corrected chi connectivity index (χ0v) is 11.3. The highest BCUT2D eigenvalue weighted by Crippen LogP contribution is 2.19. The van der Waals surface area contributed by atoms with Crippen LogP contribution >= 0.6 is 0 Å². The molecule has 0 bridgehead atoms. The minimum Gasteiger partial charge on any atom is -0.396 e. The van der Waals surface area contributed by atoms with E-state index in [1.807, 2.05) is 6.92 Å². The number of carbonyl (C=O) groups excluding carboxylic acids is 1. The fourth-order valence-corrected chi connectivity index (χ4v) is 1.79. The number of alkyl halides is 3. The van der Waals surface area contributed by atoms with E-state index in [9.17, 15) is 18.0 Å². The van der Waals surface area contributed by atoms with Gasteiger partial charge in [-0.1, -0.05) is 6.92 Å². The average Bonchev–Trinajstić information content (AvgIpc) is 2.79. The van der Waals surface area contributed by atoms with Crippen molar-refractivity contribution in [3.05, 3.63) is 24.0 Å². The number of aromatic nitrogens is 1. The van der Waals surface area contributed by atoms with E-state index in [0.29, 0.717) is 13.0 Å². The van der Waals surface area contributed by atoms with Crippen LogP contribution in [0.4, 0.5) is 13.2 Å². The number of halogens is 3. The SMILES string of the molecule is CC(CO)CCCNC(=O)c1cccn1CC(F)(F)F. The van der Waals surface area contributed by atoms with Crippen LogP contribution in [-0.4, -0.2) is 34.9 Å². The third-order valence-electron chi connectivity index (χ3n) is 2.88. The fraction of sp³-hybridized carbons (Fsp3) is 0.615. The molecule has 1 aromatic heterocycles. The minimum atomic E-state index is -4.36. The summed E-state index contributed by atoms with van der Waals surface area (Å²) >= 11 is 0. The quantitative estimate of drug-likeness (QED) is 0.757. The van der Waals surface area contributed by atoms with Crippen LogP contribution in [0.15, 0.2) is 18.3 Å². The molecular formula is C13H19F3N2O2. The van der Waals surface area contributed by atoms with E-state index in [0.717, 1.165) is 11.0 Å².